The molecule has 354 valence electrons. The van der Waals surface area contributed by atoms with Gasteiger partial charge in [-0.15, -0.1) is 27.1 Å². The Morgan fingerprint density at radius 2 is 2.00 bits per heavy atom. The molecule has 0 spiro atoms. The maximum absolute atomic E-state index is 15.3. The number of rotatable bonds is 14. The molecule has 3 aliphatic rings. The van der Waals surface area contributed by atoms with E-state index in [-0.39, 0.29) is 66.3 Å². The Hall–Kier alpha value is -4.48. The van der Waals surface area contributed by atoms with Crippen LogP contribution in [0, 0.1) is 23.7 Å². The van der Waals surface area contributed by atoms with Crippen molar-refractivity contribution in [2.45, 2.75) is 107 Å². The van der Waals surface area contributed by atoms with Crippen LogP contribution >= 0.6 is 11.8 Å². The van der Waals surface area contributed by atoms with Gasteiger partial charge in [0.2, 0.25) is 5.78 Å². The van der Waals surface area contributed by atoms with Crippen molar-refractivity contribution in [3.05, 3.63) is 71.2 Å². The molecule has 8 N–H and O–H groups in total. The second-order valence-corrected chi connectivity index (χ2v) is 20.5. The topological polar surface area (TPSA) is 232 Å². The summed E-state index contributed by atoms with van der Waals surface area (Å²) in [6, 6.07) is 6.54. The van der Waals surface area contributed by atoms with E-state index < -0.39 is 68.9 Å². The second-order valence-electron chi connectivity index (χ2n) is 16.3. The number of hydrogen-bond acceptors (Lipinski definition) is 15. The molecule has 0 saturated carbocycles. The number of hydrogen-bond donors (Lipinski definition) is 7. The predicted molar refractivity (Wildman–Crippen MR) is 260 cm³/mol. The number of carbonyl (C=O) groups excluding carboxylic acids is 2. The second kappa shape index (κ2) is 22.5. The van der Waals surface area contributed by atoms with Crippen LogP contribution in [-0.2, 0) is 49.1 Å². The summed E-state index contributed by atoms with van der Waals surface area (Å²) in [7, 11) is 2.53. The van der Waals surface area contributed by atoms with E-state index in [0.29, 0.717) is 33.1 Å². The number of fused-ring (bicyclic) bond motifs is 3. The van der Waals surface area contributed by atoms with Crippen molar-refractivity contribution in [2.75, 3.05) is 39.0 Å². The van der Waals surface area contributed by atoms with Crippen LogP contribution in [0.2, 0.25) is 0 Å². The Morgan fingerprint density at radius 3 is 2.68 bits per heavy atom. The molecule has 1 aromatic carbocycles. The molecule has 3 aromatic rings. The summed E-state index contributed by atoms with van der Waals surface area (Å²) in [5.41, 5.74) is 7.72. The van der Waals surface area contributed by atoms with Crippen LogP contribution in [0.3, 0.4) is 0 Å². The number of aliphatic hydroxyl groups is 2. The standard InChI is InChI=1S/C47H58N6O10S3/c1-9-10-11-12-13-14-35(38-29(18-20-66(8)64)33(55)22-34(56)40(38)53-46(48)49-5)62-45-42(63-37-23-36(59-6)32(24-60-37)51-25(2)3)44(58)47(65-7,26(4)61-45)43(57)41-39-28(17-19-50-41)30-21-27(54)15-16-31(30)52-39/h11-12,15-19,21,25-26,32-33,35-37,42,44-45,51-52,54-55,58H,20,22-24H2,1-8H3,(H3,48,49,53)/b12-11-,29-18-/t26?,32?,33-,35-,36?,37?,42?,44?,45?,47?,66?/m0/s1. The number of thioether (sulfide) groups is 1. The first kappa shape index (κ1) is 50.9. The lowest BCUT2D eigenvalue weighted by molar-refractivity contribution is -0.323. The Labute approximate surface area is 396 Å². The van der Waals surface area contributed by atoms with E-state index in [4.69, 9.17) is 40.6 Å². The predicted octanol–water partition coefficient (Wildman–Crippen LogP) is 3.05. The number of aromatic hydroxyl groups is 1. The number of allylic oxidation sites excluding steroid dienone is 3. The lowest BCUT2D eigenvalue weighted by Crippen LogP contribution is -2.68. The monoisotopic (exact) mass is 962 g/mol. The smallest absolute Gasteiger partial charge is 0.204 e. The summed E-state index contributed by atoms with van der Waals surface area (Å²) in [5, 5.41) is 42.5. The molecule has 9 unspecified atom stereocenters. The molecule has 6 rings (SSSR count). The molecule has 0 radical (unpaired) electrons. The van der Waals surface area contributed by atoms with Crippen LogP contribution in [0.4, 0.5) is 0 Å². The van der Waals surface area contributed by atoms with Gasteiger partial charge in [-0.2, -0.15) is 0 Å². The number of aliphatic hydroxyl groups excluding tert-OH is 2. The minimum Gasteiger partial charge on any atom is -0.508 e. The third kappa shape index (κ3) is 10.9. The van der Waals surface area contributed by atoms with Crippen LogP contribution in [-0.4, -0.2) is 148 Å². The van der Waals surface area contributed by atoms with Gasteiger partial charge >= 0.3 is 0 Å². The van der Waals surface area contributed by atoms with Gasteiger partial charge in [0, 0.05) is 66.9 Å². The number of nitrogens with two attached hydrogens (primary N) is 1. The summed E-state index contributed by atoms with van der Waals surface area (Å²) in [4.78, 5) is 41.1. The number of phenolic OH excluding ortho intramolecular Hbond substituents is 1. The van der Waals surface area contributed by atoms with E-state index in [2.05, 4.69) is 49.3 Å². The minimum absolute atomic E-state index is 0.0183. The molecule has 11 atom stereocenters. The number of nitrogens with one attached hydrogen (secondary N) is 3. The average Bonchev–Trinajstić information content (AvgIpc) is 3.65. The summed E-state index contributed by atoms with van der Waals surface area (Å²) >= 11 is 6.60. The van der Waals surface area contributed by atoms with Crippen molar-refractivity contribution < 1.29 is 48.6 Å². The number of carbonyl (C=O) groups is 2. The van der Waals surface area contributed by atoms with Crippen LogP contribution in [0.15, 0.2) is 70.5 Å². The Balaban J connectivity index is 1.51. The third-order valence-corrected chi connectivity index (χ3v) is 14.1. The minimum atomic E-state index is -1.77. The number of Topliss-reactive ketones (excluding diaryl/α,β-unsaturated/α-hetero) is 2. The highest BCUT2D eigenvalue weighted by Crippen LogP contribution is 2.46. The molecule has 2 fully saturated rings. The zero-order valence-corrected chi connectivity index (χ0v) is 40.6. The van der Waals surface area contributed by atoms with Gasteiger partial charge in [0.1, 0.15) is 34.5 Å². The van der Waals surface area contributed by atoms with Crippen LogP contribution in [0.25, 0.3) is 21.8 Å². The van der Waals surface area contributed by atoms with Gasteiger partial charge in [0.25, 0.3) is 0 Å². The first-order valence-corrected chi connectivity index (χ1v) is 25.3. The Morgan fingerprint density at radius 1 is 1.24 bits per heavy atom. The van der Waals surface area contributed by atoms with Gasteiger partial charge in [-0.1, -0.05) is 48.9 Å². The van der Waals surface area contributed by atoms with Crippen molar-refractivity contribution in [3.63, 3.8) is 0 Å². The van der Waals surface area contributed by atoms with Gasteiger partial charge in [0.05, 0.1) is 42.2 Å². The highest BCUT2D eigenvalue weighted by molar-refractivity contribution is 8.28. The van der Waals surface area contributed by atoms with Crippen molar-refractivity contribution in [1.82, 2.24) is 20.6 Å². The van der Waals surface area contributed by atoms with E-state index >= 15 is 4.79 Å². The van der Waals surface area contributed by atoms with Crippen molar-refractivity contribution >= 4 is 71.7 Å². The SMILES string of the molecule is CC#C/C=C\C#C[C@H](OC1OC(C)C(SC)(C(=O)c2nccc3c2[nH]c2ccc(O)cc23)C(O)C1OC1CC(OC)C(NC(C)C)CO1)C1=C(NC(N)=NC)C(=O)C[C@H](O)/C1=C/CS(C)=S. The molecule has 66 heavy (non-hydrogen) atoms. The Kier molecular flexibility index (Phi) is 17.4. The number of H-pyrrole nitrogens is 1. The summed E-state index contributed by atoms with van der Waals surface area (Å²) in [6.45, 7) is 7.56. The fraction of sp³-hybridized carbons (Fsp3) is 0.489. The number of phenols is 1. The number of pyridine rings is 1. The third-order valence-electron chi connectivity index (χ3n) is 11.6. The van der Waals surface area contributed by atoms with Crippen LogP contribution in [0.1, 0.15) is 51.0 Å². The number of guanidine groups is 1. The van der Waals surface area contributed by atoms with Crippen LogP contribution in [0.5, 0.6) is 5.75 Å². The largest absolute Gasteiger partial charge is 0.508 e. The first-order chi connectivity index (χ1) is 31.6. The molecule has 1 aliphatic carbocycles. The molecule has 4 heterocycles. The molecular weight excluding hydrogens is 905 g/mol. The maximum atomic E-state index is 15.3. The fourth-order valence-corrected chi connectivity index (χ4v) is 10.2. The summed E-state index contributed by atoms with van der Waals surface area (Å²) in [5.74, 6) is 10.9. The quantitative estimate of drug-likeness (QED) is 0.0533. The molecule has 16 nitrogen and oxygen atoms in total. The van der Waals surface area contributed by atoms with E-state index in [1.807, 2.05) is 20.1 Å². The molecular formula is C47H58N6O10S3. The zero-order chi connectivity index (χ0) is 47.9. The van der Waals surface area contributed by atoms with Crippen molar-refractivity contribution in [2.24, 2.45) is 10.7 Å². The number of ketones is 2. The van der Waals surface area contributed by atoms with Gasteiger partial charge in [-0.05, 0) is 68.3 Å². The highest BCUT2D eigenvalue weighted by Gasteiger charge is 2.61. The summed E-state index contributed by atoms with van der Waals surface area (Å²) < 4.78 is 30.8. The number of ether oxygens (including phenoxy) is 5. The number of benzene rings is 1. The molecule has 2 aliphatic heterocycles. The molecule has 0 bridgehead atoms. The number of aromatic amines is 1. The number of methoxy groups -OCH3 is 1. The first-order valence-electron chi connectivity index (χ1n) is 21.4. The van der Waals surface area contributed by atoms with Crippen molar-refractivity contribution in [3.8, 4) is 29.4 Å². The zero-order valence-electron chi connectivity index (χ0n) is 38.1. The van der Waals surface area contributed by atoms with E-state index in [1.165, 1.54) is 19.3 Å². The molecule has 0 amide bonds. The Bertz CT molecular complexity index is 2570. The average molecular weight is 963 g/mol. The molecule has 2 aromatic heterocycles. The van der Waals surface area contributed by atoms with Gasteiger partial charge in [-0.25, -0.2) is 0 Å². The normalized spacial score (nSPS) is 28.9. The highest BCUT2D eigenvalue weighted by atomic mass is 32.8. The fourth-order valence-electron chi connectivity index (χ4n) is 8.50. The molecule has 19 heteroatoms. The van der Waals surface area contributed by atoms with Gasteiger partial charge < -0.3 is 60.4 Å². The van der Waals surface area contributed by atoms with E-state index in [1.54, 1.807) is 63.6 Å². The van der Waals surface area contributed by atoms with Crippen molar-refractivity contribution in [1.29, 1.82) is 0 Å². The van der Waals surface area contributed by atoms with Gasteiger partial charge in [-0.3, -0.25) is 19.6 Å². The van der Waals surface area contributed by atoms with E-state index in [0.717, 1.165) is 11.8 Å². The lowest BCUT2D eigenvalue weighted by Gasteiger charge is -2.51. The maximum Gasteiger partial charge on any atom is 0.204 e. The van der Waals surface area contributed by atoms with E-state index in [9.17, 15) is 20.1 Å². The number of nitrogens with zero attached hydrogens (tertiary/aromatic N) is 2. The lowest BCUT2D eigenvalue weighted by atomic mass is 9.82. The summed E-state index contributed by atoms with van der Waals surface area (Å²) in [6.07, 6.45) is 0.0810. The molecule has 2 saturated heterocycles. The van der Waals surface area contributed by atoms with Crippen LogP contribution < -0.4 is 16.4 Å². The number of aromatic nitrogens is 2. The van der Waals surface area contributed by atoms with Gasteiger partial charge in [0.15, 0.2) is 24.3 Å². The number of aliphatic imine (C=N–C) groups is 1.